The Labute approximate surface area is 157 Å². The fourth-order valence-electron chi connectivity index (χ4n) is 4.61. The van der Waals surface area contributed by atoms with Gasteiger partial charge in [0.15, 0.2) is 12.6 Å². The zero-order chi connectivity index (χ0) is 20.1. The predicted molar refractivity (Wildman–Crippen MR) is 96.8 cm³/mol. The highest BCUT2D eigenvalue weighted by atomic mass is 16.7. The van der Waals surface area contributed by atoms with Crippen molar-refractivity contribution in [2.75, 3.05) is 13.7 Å². The molecular weight excluding hydrogens is 334 g/mol. The summed E-state index contributed by atoms with van der Waals surface area (Å²) < 4.78 is 16.8. The third-order valence-corrected chi connectivity index (χ3v) is 7.14. The first-order chi connectivity index (χ1) is 11.8. The van der Waals surface area contributed by atoms with Crippen molar-refractivity contribution in [3.63, 3.8) is 0 Å². The van der Waals surface area contributed by atoms with E-state index in [0.717, 1.165) is 0 Å². The van der Waals surface area contributed by atoms with Crippen LogP contribution in [0.5, 0.6) is 0 Å². The zero-order valence-corrected chi connectivity index (χ0v) is 17.4. The Morgan fingerprint density at radius 3 is 2.15 bits per heavy atom. The lowest BCUT2D eigenvalue weighted by Gasteiger charge is -2.55. The number of hydrogen-bond acceptors (Lipinski definition) is 6. The van der Waals surface area contributed by atoms with Gasteiger partial charge < -0.3 is 24.4 Å². The molecule has 0 amide bonds. The molecule has 2 N–H and O–H groups in total. The summed E-state index contributed by atoms with van der Waals surface area (Å²) in [7, 11) is 1.51. The van der Waals surface area contributed by atoms with Gasteiger partial charge >= 0.3 is 0 Å². The fourth-order valence-corrected chi connectivity index (χ4v) is 4.61. The summed E-state index contributed by atoms with van der Waals surface area (Å²) in [5, 5.41) is 30.9. The number of nitrogens with zero attached hydrogens (tertiary/aromatic N) is 1. The molecule has 1 saturated heterocycles. The fraction of sp³-hybridized carbons (Fsp3) is 0.950. The van der Waals surface area contributed by atoms with Gasteiger partial charge in [-0.05, 0) is 17.3 Å². The van der Waals surface area contributed by atoms with Crippen LogP contribution in [0.2, 0.25) is 0 Å². The topological polar surface area (TPSA) is 91.9 Å². The molecule has 1 heterocycles. The number of aliphatic hydroxyl groups is 2. The lowest BCUT2D eigenvalue weighted by molar-refractivity contribution is -0.290. The number of aliphatic hydroxyl groups excluding tert-OH is 2. The van der Waals surface area contributed by atoms with Crippen LogP contribution in [0, 0.1) is 38.9 Å². The molecule has 0 spiro atoms. The number of nitriles is 1. The lowest BCUT2D eigenvalue weighted by Crippen LogP contribution is -2.58. The SMILES string of the molecule is COCC1(C#N)C(O)OC2C(OC(O)C(C)(C(C)(C)C)C(C)(C)C)CC21. The monoisotopic (exact) mass is 369 g/mol. The number of hydrogen-bond donors (Lipinski definition) is 2. The van der Waals surface area contributed by atoms with Gasteiger partial charge in [0.25, 0.3) is 0 Å². The van der Waals surface area contributed by atoms with Crippen molar-refractivity contribution in [1.82, 2.24) is 0 Å². The van der Waals surface area contributed by atoms with Crippen LogP contribution < -0.4 is 0 Å². The Bertz CT molecular complexity index is 544. The first-order valence-corrected chi connectivity index (χ1v) is 9.33. The highest BCUT2D eigenvalue weighted by Gasteiger charge is 2.66. The van der Waals surface area contributed by atoms with E-state index in [0.29, 0.717) is 6.42 Å². The zero-order valence-electron chi connectivity index (χ0n) is 17.4. The molecule has 26 heavy (non-hydrogen) atoms. The summed E-state index contributed by atoms with van der Waals surface area (Å²) in [5.74, 6) is -0.157. The molecule has 1 saturated carbocycles. The highest BCUT2D eigenvalue weighted by molar-refractivity contribution is 5.17. The minimum absolute atomic E-state index is 0.114. The molecule has 0 bridgehead atoms. The van der Waals surface area contributed by atoms with E-state index < -0.39 is 29.5 Å². The summed E-state index contributed by atoms with van der Waals surface area (Å²) >= 11 is 0. The van der Waals surface area contributed by atoms with Crippen molar-refractivity contribution in [1.29, 1.82) is 5.26 Å². The van der Waals surface area contributed by atoms with Crippen molar-refractivity contribution in [3.05, 3.63) is 0 Å². The van der Waals surface area contributed by atoms with Crippen molar-refractivity contribution in [2.24, 2.45) is 27.6 Å². The Morgan fingerprint density at radius 1 is 1.19 bits per heavy atom. The minimum Gasteiger partial charge on any atom is -0.383 e. The van der Waals surface area contributed by atoms with E-state index in [1.54, 1.807) is 0 Å². The van der Waals surface area contributed by atoms with Crippen LogP contribution in [-0.2, 0) is 14.2 Å². The molecule has 6 unspecified atom stereocenters. The van der Waals surface area contributed by atoms with E-state index in [9.17, 15) is 15.5 Å². The molecule has 150 valence electrons. The summed E-state index contributed by atoms with van der Waals surface area (Å²) in [5.41, 5.74) is -1.98. The predicted octanol–water partition coefficient (Wildman–Crippen LogP) is 2.68. The second kappa shape index (κ2) is 6.72. The van der Waals surface area contributed by atoms with E-state index in [4.69, 9.17) is 14.2 Å². The summed E-state index contributed by atoms with van der Waals surface area (Å²) in [4.78, 5) is 0. The Morgan fingerprint density at radius 2 is 1.73 bits per heavy atom. The Hall–Kier alpha value is -0.710. The van der Waals surface area contributed by atoms with Gasteiger partial charge in [-0.15, -0.1) is 0 Å². The maximum atomic E-state index is 11.0. The van der Waals surface area contributed by atoms with Gasteiger partial charge in [-0.25, -0.2) is 0 Å². The number of ether oxygens (including phenoxy) is 3. The molecule has 2 fully saturated rings. The second-order valence-electron chi connectivity index (χ2n) is 10.1. The average Bonchev–Trinajstić information content (AvgIpc) is 2.71. The lowest BCUT2D eigenvalue weighted by atomic mass is 9.54. The van der Waals surface area contributed by atoms with Crippen molar-refractivity contribution >= 4 is 0 Å². The summed E-state index contributed by atoms with van der Waals surface area (Å²) in [6, 6.07) is 2.19. The van der Waals surface area contributed by atoms with Crippen LogP contribution in [0.15, 0.2) is 0 Å². The molecule has 2 rings (SSSR count). The van der Waals surface area contributed by atoms with Crippen molar-refractivity contribution < 1.29 is 24.4 Å². The largest absolute Gasteiger partial charge is 0.383 e. The normalized spacial score (nSPS) is 36.2. The number of rotatable bonds is 5. The molecule has 0 radical (unpaired) electrons. The first kappa shape index (κ1) is 21.6. The van der Waals surface area contributed by atoms with Crippen molar-refractivity contribution in [2.45, 2.75) is 79.7 Å². The van der Waals surface area contributed by atoms with E-state index in [1.165, 1.54) is 7.11 Å². The molecule has 1 aliphatic carbocycles. The summed E-state index contributed by atoms with van der Waals surface area (Å²) in [6.45, 7) is 14.8. The molecule has 6 heteroatoms. The third-order valence-electron chi connectivity index (χ3n) is 7.14. The maximum absolute atomic E-state index is 11.0. The van der Waals surface area contributed by atoms with Gasteiger partial charge in [-0.3, -0.25) is 0 Å². The highest BCUT2D eigenvalue weighted by Crippen LogP contribution is 2.57. The minimum atomic E-state index is -1.20. The van der Waals surface area contributed by atoms with E-state index in [2.05, 4.69) is 47.6 Å². The van der Waals surface area contributed by atoms with Crippen LogP contribution in [0.25, 0.3) is 0 Å². The number of methoxy groups -OCH3 is 1. The third kappa shape index (κ3) is 2.98. The standard InChI is InChI=1S/C20H35NO5/c1-17(2,3)19(7,18(4,5)6)15(22)25-13-9-12-14(13)26-16(23)20(12,10-21)11-24-8/h12-16,22-23H,9,11H2,1-8H3. The van der Waals surface area contributed by atoms with E-state index >= 15 is 0 Å². The van der Waals surface area contributed by atoms with Crippen molar-refractivity contribution in [3.8, 4) is 6.07 Å². The number of fused-ring (bicyclic) bond motifs is 1. The molecule has 6 atom stereocenters. The molecule has 6 nitrogen and oxygen atoms in total. The molecular formula is C20H35NO5. The molecule has 0 aromatic carbocycles. The average molecular weight is 370 g/mol. The van der Waals surface area contributed by atoms with Gasteiger partial charge in [0, 0.05) is 18.4 Å². The Kier molecular flexibility index (Phi) is 5.58. The van der Waals surface area contributed by atoms with Crippen LogP contribution in [-0.4, -0.2) is 48.7 Å². The van der Waals surface area contributed by atoms with Crippen LogP contribution in [0.4, 0.5) is 0 Å². The van der Waals surface area contributed by atoms with Gasteiger partial charge in [0.2, 0.25) is 0 Å². The van der Waals surface area contributed by atoms with E-state index in [1.807, 2.05) is 6.92 Å². The first-order valence-electron chi connectivity index (χ1n) is 9.33. The second-order valence-corrected chi connectivity index (χ2v) is 10.1. The van der Waals surface area contributed by atoms with Crippen LogP contribution in [0.3, 0.4) is 0 Å². The van der Waals surface area contributed by atoms with Gasteiger partial charge in [-0.2, -0.15) is 5.26 Å². The molecule has 1 aliphatic heterocycles. The van der Waals surface area contributed by atoms with Gasteiger partial charge in [0.1, 0.15) is 5.41 Å². The maximum Gasteiger partial charge on any atom is 0.176 e. The Balaban J connectivity index is 2.16. The molecule has 2 aliphatic rings. The smallest absolute Gasteiger partial charge is 0.176 e. The van der Waals surface area contributed by atoms with Crippen LogP contribution >= 0.6 is 0 Å². The van der Waals surface area contributed by atoms with Gasteiger partial charge in [0.05, 0.1) is 24.9 Å². The summed E-state index contributed by atoms with van der Waals surface area (Å²) in [6.07, 6.45) is -2.39. The van der Waals surface area contributed by atoms with E-state index in [-0.39, 0.29) is 29.5 Å². The molecule has 0 aromatic rings. The quantitative estimate of drug-likeness (QED) is 0.724. The van der Waals surface area contributed by atoms with Gasteiger partial charge in [-0.1, -0.05) is 48.5 Å². The molecule has 0 aromatic heterocycles. The van der Waals surface area contributed by atoms with Crippen LogP contribution in [0.1, 0.15) is 54.9 Å².